The first-order valence-electron chi connectivity index (χ1n) is 8.39. The van der Waals surface area contributed by atoms with E-state index < -0.39 is 0 Å². The van der Waals surface area contributed by atoms with Crippen molar-refractivity contribution in [3.05, 3.63) is 29.3 Å². The molecule has 2 aliphatic rings. The molecule has 0 aromatic heterocycles. The number of nitrogens with zero attached hydrogens (tertiary/aromatic N) is 2. The number of halogens is 1. The molecule has 124 valence electrons. The van der Waals surface area contributed by atoms with Crippen molar-refractivity contribution in [3.8, 4) is 0 Å². The summed E-state index contributed by atoms with van der Waals surface area (Å²) in [7, 11) is 1.89. The van der Waals surface area contributed by atoms with E-state index in [9.17, 15) is 9.59 Å². The third-order valence-corrected chi connectivity index (χ3v) is 5.30. The number of hydrogen-bond donors (Lipinski definition) is 0. The zero-order valence-electron chi connectivity index (χ0n) is 13.5. The van der Waals surface area contributed by atoms with Crippen LogP contribution in [-0.2, 0) is 9.59 Å². The third kappa shape index (κ3) is 3.52. The molecule has 0 radical (unpaired) electrons. The van der Waals surface area contributed by atoms with Gasteiger partial charge in [-0.3, -0.25) is 9.59 Å². The minimum atomic E-state index is -0.242. The molecule has 5 heteroatoms. The minimum absolute atomic E-state index is 0.00246. The SMILES string of the molecule is CN(C(=O)C1CC(=O)N(c2cccc(Cl)c2)C1)C1CCCCC1. The highest BCUT2D eigenvalue weighted by molar-refractivity contribution is 6.30. The third-order valence-electron chi connectivity index (χ3n) is 5.06. The van der Waals surface area contributed by atoms with Crippen LogP contribution in [0.15, 0.2) is 24.3 Å². The van der Waals surface area contributed by atoms with Gasteiger partial charge in [0.1, 0.15) is 0 Å². The molecule has 1 unspecified atom stereocenters. The Morgan fingerprint density at radius 3 is 2.70 bits per heavy atom. The summed E-state index contributed by atoms with van der Waals surface area (Å²) in [5, 5.41) is 0.601. The maximum absolute atomic E-state index is 12.8. The fourth-order valence-corrected chi connectivity index (χ4v) is 3.89. The number of anilines is 1. The summed E-state index contributed by atoms with van der Waals surface area (Å²) in [6.45, 7) is 0.453. The molecule has 1 heterocycles. The monoisotopic (exact) mass is 334 g/mol. The van der Waals surface area contributed by atoms with Crippen LogP contribution in [0.25, 0.3) is 0 Å². The van der Waals surface area contributed by atoms with Crippen molar-refractivity contribution in [2.75, 3.05) is 18.5 Å². The Morgan fingerprint density at radius 2 is 2.00 bits per heavy atom. The molecule has 1 aromatic carbocycles. The summed E-state index contributed by atoms with van der Waals surface area (Å²) in [5.41, 5.74) is 0.776. The number of benzene rings is 1. The Morgan fingerprint density at radius 1 is 1.26 bits per heavy atom. The molecular weight excluding hydrogens is 312 g/mol. The van der Waals surface area contributed by atoms with Gasteiger partial charge in [0.2, 0.25) is 11.8 Å². The van der Waals surface area contributed by atoms with Crippen molar-refractivity contribution >= 4 is 29.1 Å². The fraction of sp³-hybridized carbons (Fsp3) is 0.556. The van der Waals surface area contributed by atoms with Gasteiger partial charge < -0.3 is 9.80 Å². The Kier molecular flexibility index (Phi) is 4.90. The first kappa shape index (κ1) is 16.3. The van der Waals surface area contributed by atoms with Crippen molar-refractivity contribution in [1.29, 1.82) is 0 Å². The summed E-state index contributed by atoms with van der Waals surface area (Å²) >= 11 is 6.01. The van der Waals surface area contributed by atoms with Gasteiger partial charge in [0.15, 0.2) is 0 Å². The van der Waals surface area contributed by atoms with Gasteiger partial charge in [0.25, 0.3) is 0 Å². The highest BCUT2D eigenvalue weighted by atomic mass is 35.5. The topological polar surface area (TPSA) is 40.6 Å². The van der Waals surface area contributed by atoms with Crippen LogP contribution in [-0.4, -0.2) is 36.3 Å². The van der Waals surface area contributed by atoms with E-state index in [0.717, 1.165) is 18.5 Å². The van der Waals surface area contributed by atoms with Crippen molar-refractivity contribution in [1.82, 2.24) is 4.90 Å². The lowest BCUT2D eigenvalue weighted by Gasteiger charge is -2.32. The summed E-state index contributed by atoms with van der Waals surface area (Å²) in [6.07, 6.45) is 6.12. The highest BCUT2D eigenvalue weighted by Crippen LogP contribution is 2.29. The van der Waals surface area contributed by atoms with E-state index in [4.69, 9.17) is 11.6 Å². The Bertz CT molecular complexity index is 598. The lowest BCUT2D eigenvalue weighted by molar-refractivity contribution is -0.137. The zero-order chi connectivity index (χ0) is 16.4. The molecule has 1 aliphatic carbocycles. The largest absolute Gasteiger partial charge is 0.342 e. The van der Waals surface area contributed by atoms with E-state index in [1.54, 1.807) is 17.0 Å². The van der Waals surface area contributed by atoms with E-state index in [-0.39, 0.29) is 17.7 Å². The first-order chi connectivity index (χ1) is 11.1. The molecule has 0 spiro atoms. The van der Waals surface area contributed by atoms with Gasteiger partial charge in [0, 0.05) is 36.8 Å². The molecule has 1 aromatic rings. The second kappa shape index (κ2) is 6.91. The van der Waals surface area contributed by atoms with E-state index in [0.29, 0.717) is 24.0 Å². The van der Waals surface area contributed by atoms with Gasteiger partial charge in [-0.2, -0.15) is 0 Å². The van der Waals surface area contributed by atoms with Crippen LogP contribution in [0.5, 0.6) is 0 Å². The standard InChI is InChI=1S/C18H23ClN2O2/c1-20(15-7-3-2-4-8-15)18(23)13-10-17(22)21(12-13)16-9-5-6-14(19)11-16/h5-6,9,11,13,15H,2-4,7-8,10,12H2,1H3. The van der Waals surface area contributed by atoms with Gasteiger partial charge in [0.05, 0.1) is 5.92 Å². The molecule has 2 fully saturated rings. The fourth-order valence-electron chi connectivity index (χ4n) is 3.70. The quantitative estimate of drug-likeness (QED) is 0.849. The Labute approximate surface area is 142 Å². The number of rotatable bonds is 3. The zero-order valence-corrected chi connectivity index (χ0v) is 14.3. The van der Waals surface area contributed by atoms with Crippen LogP contribution in [0, 0.1) is 5.92 Å². The van der Waals surface area contributed by atoms with Gasteiger partial charge in [-0.1, -0.05) is 36.9 Å². The van der Waals surface area contributed by atoms with Crippen molar-refractivity contribution in [2.45, 2.75) is 44.6 Å². The lowest BCUT2D eigenvalue weighted by atomic mass is 9.93. The number of amides is 2. The molecule has 1 atom stereocenters. The average Bonchev–Trinajstić information content (AvgIpc) is 2.96. The maximum Gasteiger partial charge on any atom is 0.228 e. The summed E-state index contributed by atoms with van der Waals surface area (Å²) in [6, 6.07) is 7.59. The number of carbonyl (C=O) groups is 2. The van der Waals surface area contributed by atoms with Gasteiger partial charge in [-0.05, 0) is 31.0 Å². The predicted molar refractivity (Wildman–Crippen MR) is 91.6 cm³/mol. The molecule has 3 rings (SSSR count). The molecule has 23 heavy (non-hydrogen) atoms. The van der Waals surface area contributed by atoms with Gasteiger partial charge >= 0.3 is 0 Å². The van der Waals surface area contributed by atoms with Crippen molar-refractivity contribution < 1.29 is 9.59 Å². The van der Waals surface area contributed by atoms with Crippen LogP contribution in [0.3, 0.4) is 0 Å². The summed E-state index contributed by atoms with van der Waals surface area (Å²) in [5.74, 6) is -0.133. The van der Waals surface area contributed by atoms with E-state index >= 15 is 0 Å². The van der Waals surface area contributed by atoms with Crippen molar-refractivity contribution in [2.24, 2.45) is 5.92 Å². The molecule has 1 aliphatic heterocycles. The summed E-state index contributed by atoms with van der Waals surface area (Å²) < 4.78 is 0. The maximum atomic E-state index is 12.8. The molecular formula is C18H23ClN2O2. The molecule has 1 saturated heterocycles. The normalized spacial score (nSPS) is 22.4. The Balaban J connectivity index is 1.68. The Hall–Kier alpha value is -1.55. The summed E-state index contributed by atoms with van der Waals surface area (Å²) in [4.78, 5) is 28.6. The minimum Gasteiger partial charge on any atom is -0.342 e. The molecule has 0 N–H and O–H groups in total. The van der Waals surface area contributed by atoms with Crippen LogP contribution < -0.4 is 4.90 Å². The second-order valence-corrected chi connectivity index (χ2v) is 7.06. The molecule has 0 bridgehead atoms. The highest BCUT2D eigenvalue weighted by Gasteiger charge is 2.38. The first-order valence-corrected chi connectivity index (χ1v) is 8.76. The van der Waals surface area contributed by atoms with E-state index in [1.807, 2.05) is 24.1 Å². The van der Waals surface area contributed by atoms with Crippen LogP contribution in [0.1, 0.15) is 38.5 Å². The lowest BCUT2D eigenvalue weighted by Crippen LogP contribution is -2.42. The predicted octanol–water partition coefficient (Wildman–Crippen LogP) is 3.48. The molecule has 1 saturated carbocycles. The number of hydrogen-bond acceptors (Lipinski definition) is 2. The van der Waals surface area contributed by atoms with E-state index in [2.05, 4.69) is 0 Å². The van der Waals surface area contributed by atoms with Gasteiger partial charge in [-0.25, -0.2) is 0 Å². The van der Waals surface area contributed by atoms with Crippen LogP contribution >= 0.6 is 11.6 Å². The van der Waals surface area contributed by atoms with Crippen LogP contribution in [0.2, 0.25) is 5.02 Å². The van der Waals surface area contributed by atoms with E-state index in [1.165, 1.54) is 19.3 Å². The second-order valence-electron chi connectivity index (χ2n) is 6.63. The average molecular weight is 335 g/mol. The van der Waals surface area contributed by atoms with Gasteiger partial charge in [-0.15, -0.1) is 0 Å². The molecule has 4 nitrogen and oxygen atoms in total. The number of carbonyl (C=O) groups excluding carboxylic acids is 2. The van der Waals surface area contributed by atoms with Crippen molar-refractivity contribution in [3.63, 3.8) is 0 Å². The van der Waals surface area contributed by atoms with Crippen LogP contribution in [0.4, 0.5) is 5.69 Å². The molecule has 2 amide bonds. The smallest absolute Gasteiger partial charge is 0.228 e.